The van der Waals surface area contributed by atoms with Crippen LogP contribution in [0, 0.1) is 0 Å². The van der Waals surface area contributed by atoms with Gasteiger partial charge in [0, 0.05) is 7.11 Å². The predicted molar refractivity (Wildman–Crippen MR) is 69.2 cm³/mol. The molecule has 16 heavy (non-hydrogen) atoms. The van der Waals surface area contributed by atoms with Gasteiger partial charge in [-0.2, -0.15) is 0 Å². The lowest BCUT2D eigenvalue weighted by molar-refractivity contribution is -0.115. The molecule has 1 aliphatic rings. The monoisotopic (exact) mass is 261 g/mol. The molecule has 0 bridgehead atoms. The van der Waals surface area contributed by atoms with Crippen LogP contribution in [-0.4, -0.2) is 36.4 Å². The fourth-order valence-electron chi connectivity index (χ4n) is 1.26. The van der Waals surface area contributed by atoms with E-state index in [4.69, 9.17) is 10.5 Å². The number of thioether (sulfide) groups is 2. The molecule has 0 radical (unpaired) electrons. The molecule has 0 aliphatic carbocycles. The van der Waals surface area contributed by atoms with Crippen molar-refractivity contribution in [1.82, 2.24) is 5.32 Å². The van der Waals surface area contributed by atoms with Crippen LogP contribution >= 0.6 is 23.5 Å². The number of hydrogen-bond donors (Lipinski definition) is 2. The van der Waals surface area contributed by atoms with Gasteiger partial charge in [0.25, 0.3) is 5.91 Å². The Labute approximate surface area is 103 Å². The Morgan fingerprint density at radius 2 is 2.38 bits per heavy atom. The van der Waals surface area contributed by atoms with Gasteiger partial charge in [-0.1, -0.05) is 18.7 Å². The number of aliphatic imine (C=N–C) groups is 1. The van der Waals surface area contributed by atoms with Crippen molar-refractivity contribution in [3.63, 3.8) is 0 Å². The molecule has 1 rings (SSSR count). The van der Waals surface area contributed by atoms with Crippen molar-refractivity contribution in [2.24, 2.45) is 10.7 Å². The Morgan fingerprint density at radius 1 is 1.69 bits per heavy atom. The van der Waals surface area contributed by atoms with E-state index in [1.807, 2.05) is 13.2 Å². The second kappa shape index (κ2) is 6.17. The third-order valence-electron chi connectivity index (χ3n) is 1.92. The van der Waals surface area contributed by atoms with Gasteiger partial charge >= 0.3 is 0 Å². The highest BCUT2D eigenvalue weighted by Crippen LogP contribution is 2.25. The van der Waals surface area contributed by atoms with Crippen LogP contribution in [-0.2, 0) is 9.53 Å². The SMILES string of the molecule is CCSC1=NC(OC)C(C(N)=O)=C(SC)N1. The molecule has 0 aromatic carbocycles. The van der Waals surface area contributed by atoms with E-state index in [9.17, 15) is 4.79 Å². The van der Waals surface area contributed by atoms with E-state index < -0.39 is 12.1 Å². The summed E-state index contributed by atoms with van der Waals surface area (Å²) in [5.74, 6) is 0.392. The first kappa shape index (κ1) is 13.4. The molecule has 0 saturated carbocycles. The summed E-state index contributed by atoms with van der Waals surface area (Å²) in [5.41, 5.74) is 5.70. The highest BCUT2D eigenvalue weighted by molar-refractivity contribution is 8.14. The smallest absolute Gasteiger partial charge is 0.251 e. The number of nitrogens with one attached hydrogen (secondary N) is 1. The second-order valence-electron chi connectivity index (χ2n) is 2.89. The van der Waals surface area contributed by atoms with Crippen molar-refractivity contribution in [1.29, 1.82) is 0 Å². The molecule has 1 atom stereocenters. The van der Waals surface area contributed by atoms with Crippen LogP contribution in [0.3, 0.4) is 0 Å². The number of carbonyl (C=O) groups excluding carboxylic acids is 1. The number of amidine groups is 1. The first-order valence-corrected chi connectivity index (χ1v) is 6.93. The van der Waals surface area contributed by atoms with Crippen LogP contribution in [0.15, 0.2) is 15.6 Å². The van der Waals surface area contributed by atoms with Crippen molar-refractivity contribution < 1.29 is 9.53 Å². The number of primary amides is 1. The van der Waals surface area contributed by atoms with Crippen LogP contribution in [0.4, 0.5) is 0 Å². The van der Waals surface area contributed by atoms with Crippen LogP contribution in [0.1, 0.15) is 6.92 Å². The molecular weight excluding hydrogens is 246 g/mol. The molecule has 0 aromatic heterocycles. The summed E-state index contributed by atoms with van der Waals surface area (Å²) in [7, 11) is 1.51. The van der Waals surface area contributed by atoms with Crippen molar-refractivity contribution in [3.05, 3.63) is 10.6 Å². The number of hydrogen-bond acceptors (Lipinski definition) is 6. The molecule has 1 unspecified atom stereocenters. The average molecular weight is 261 g/mol. The fraction of sp³-hybridized carbons (Fsp3) is 0.556. The maximum absolute atomic E-state index is 11.3. The molecule has 1 aliphatic heterocycles. The summed E-state index contributed by atoms with van der Waals surface area (Å²) in [4.78, 5) is 15.6. The minimum absolute atomic E-state index is 0.385. The Kier molecular flexibility index (Phi) is 5.17. The summed E-state index contributed by atoms with van der Waals surface area (Å²) < 4.78 is 5.16. The predicted octanol–water partition coefficient (Wildman–Crippen LogP) is 0.731. The third-order valence-corrected chi connectivity index (χ3v) is 3.42. The average Bonchev–Trinajstić information content (AvgIpc) is 2.27. The molecule has 3 N–H and O–H groups in total. The first-order chi connectivity index (χ1) is 7.63. The standard InChI is InChI=1S/C9H15N3O2S2/c1-4-16-9-11-7(14-2)5(6(10)13)8(12-9)15-3/h7H,4H2,1-3H3,(H2,10,13)(H,11,12). The number of carbonyl (C=O) groups is 1. The van der Waals surface area contributed by atoms with Gasteiger partial charge in [0.2, 0.25) is 0 Å². The van der Waals surface area contributed by atoms with E-state index in [2.05, 4.69) is 10.3 Å². The minimum atomic E-state index is -0.602. The molecule has 0 aromatic rings. The van der Waals surface area contributed by atoms with Gasteiger partial charge in [0.15, 0.2) is 11.4 Å². The van der Waals surface area contributed by atoms with Crippen molar-refractivity contribution in [2.75, 3.05) is 19.1 Å². The normalized spacial score (nSPS) is 20.4. The van der Waals surface area contributed by atoms with E-state index in [0.717, 1.165) is 10.9 Å². The van der Waals surface area contributed by atoms with E-state index >= 15 is 0 Å². The van der Waals surface area contributed by atoms with Gasteiger partial charge in [-0.25, -0.2) is 4.99 Å². The second-order valence-corrected chi connectivity index (χ2v) is 4.96. The molecule has 1 heterocycles. The van der Waals surface area contributed by atoms with Crippen LogP contribution < -0.4 is 11.1 Å². The van der Waals surface area contributed by atoms with Crippen molar-refractivity contribution in [3.8, 4) is 0 Å². The Balaban J connectivity index is 3.00. The zero-order chi connectivity index (χ0) is 12.1. The van der Waals surface area contributed by atoms with Crippen LogP contribution in [0.2, 0.25) is 0 Å². The van der Waals surface area contributed by atoms with Gasteiger partial charge in [-0.3, -0.25) is 4.79 Å². The summed E-state index contributed by atoms with van der Waals surface area (Å²) >= 11 is 2.99. The zero-order valence-corrected chi connectivity index (χ0v) is 11.1. The first-order valence-electron chi connectivity index (χ1n) is 4.72. The highest BCUT2D eigenvalue weighted by atomic mass is 32.2. The number of nitrogens with two attached hydrogens (primary N) is 1. The lowest BCUT2D eigenvalue weighted by Gasteiger charge is -2.24. The Bertz CT molecular complexity index is 342. The minimum Gasteiger partial charge on any atom is -0.366 e. The molecule has 5 nitrogen and oxygen atoms in total. The van der Waals surface area contributed by atoms with Crippen molar-refractivity contribution >= 4 is 34.6 Å². The molecule has 0 fully saturated rings. The zero-order valence-electron chi connectivity index (χ0n) is 9.44. The van der Waals surface area contributed by atoms with Gasteiger partial charge in [-0.15, -0.1) is 11.8 Å². The van der Waals surface area contributed by atoms with E-state index in [1.165, 1.54) is 18.9 Å². The van der Waals surface area contributed by atoms with E-state index in [0.29, 0.717) is 10.6 Å². The molecule has 1 amide bonds. The molecular formula is C9H15N3O2S2. The topological polar surface area (TPSA) is 76.7 Å². The maximum atomic E-state index is 11.3. The fourth-order valence-corrected chi connectivity index (χ4v) is 2.56. The molecule has 0 saturated heterocycles. The summed E-state index contributed by atoms with van der Waals surface area (Å²) in [6.07, 6.45) is 1.27. The van der Waals surface area contributed by atoms with Gasteiger partial charge in [-0.05, 0) is 12.0 Å². The molecule has 7 heteroatoms. The lowest BCUT2D eigenvalue weighted by atomic mass is 10.2. The van der Waals surface area contributed by atoms with Gasteiger partial charge in [0.05, 0.1) is 10.6 Å². The third kappa shape index (κ3) is 2.93. The maximum Gasteiger partial charge on any atom is 0.251 e. The molecule has 90 valence electrons. The van der Waals surface area contributed by atoms with Gasteiger partial charge < -0.3 is 15.8 Å². The van der Waals surface area contributed by atoms with Gasteiger partial charge in [0.1, 0.15) is 0 Å². The number of methoxy groups -OCH3 is 1. The van der Waals surface area contributed by atoms with Crippen LogP contribution in [0.25, 0.3) is 0 Å². The number of rotatable bonds is 4. The number of ether oxygens (including phenoxy) is 1. The van der Waals surface area contributed by atoms with E-state index in [-0.39, 0.29) is 0 Å². The summed E-state index contributed by atoms with van der Waals surface area (Å²) in [6.45, 7) is 2.03. The summed E-state index contributed by atoms with van der Waals surface area (Å²) in [5, 5.41) is 4.54. The molecule has 0 spiro atoms. The van der Waals surface area contributed by atoms with Crippen molar-refractivity contribution in [2.45, 2.75) is 13.2 Å². The lowest BCUT2D eigenvalue weighted by Crippen LogP contribution is -2.36. The Hall–Kier alpha value is -0.660. The Morgan fingerprint density at radius 3 is 2.81 bits per heavy atom. The summed E-state index contributed by atoms with van der Waals surface area (Å²) in [6, 6.07) is 0. The van der Waals surface area contributed by atoms with E-state index in [1.54, 1.807) is 11.8 Å². The number of nitrogens with zero attached hydrogens (tertiary/aromatic N) is 1. The van der Waals surface area contributed by atoms with Crippen LogP contribution in [0.5, 0.6) is 0 Å². The number of amides is 1. The largest absolute Gasteiger partial charge is 0.366 e. The quantitative estimate of drug-likeness (QED) is 0.780. The highest BCUT2D eigenvalue weighted by Gasteiger charge is 2.27.